The summed E-state index contributed by atoms with van der Waals surface area (Å²) in [5, 5.41) is 5.38. The van der Waals surface area contributed by atoms with Crippen LogP contribution in [0.3, 0.4) is 0 Å². The third kappa shape index (κ3) is 6.23. The number of ether oxygens (including phenoxy) is 1. The number of pyridine rings is 1. The first-order valence-corrected chi connectivity index (χ1v) is 7.78. The quantitative estimate of drug-likeness (QED) is 0.831. The van der Waals surface area contributed by atoms with Gasteiger partial charge in [-0.3, -0.25) is 0 Å². The molecule has 2 N–H and O–H groups in total. The van der Waals surface area contributed by atoms with E-state index < -0.39 is 12.8 Å². The van der Waals surface area contributed by atoms with E-state index in [1.54, 1.807) is 0 Å². The van der Waals surface area contributed by atoms with Gasteiger partial charge < -0.3 is 20.3 Å². The molecule has 1 saturated heterocycles. The van der Waals surface area contributed by atoms with Gasteiger partial charge in [0.15, 0.2) is 6.61 Å². The van der Waals surface area contributed by atoms with E-state index in [1.807, 2.05) is 0 Å². The van der Waals surface area contributed by atoms with E-state index in [2.05, 4.69) is 32.2 Å². The SMILES string of the molecule is CCN1CC[C@@H](CNC(=O)Nc2ccc(OCC(F)(F)F)nc2)C1. The molecule has 0 unspecified atom stereocenters. The van der Waals surface area contributed by atoms with Gasteiger partial charge in [-0.1, -0.05) is 6.92 Å². The minimum atomic E-state index is -4.41. The maximum atomic E-state index is 12.0. The van der Waals surface area contributed by atoms with Crippen molar-refractivity contribution >= 4 is 11.7 Å². The van der Waals surface area contributed by atoms with Gasteiger partial charge in [0.2, 0.25) is 5.88 Å². The molecule has 1 atom stereocenters. The van der Waals surface area contributed by atoms with Gasteiger partial charge in [-0.05, 0) is 31.5 Å². The van der Waals surface area contributed by atoms with Gasteiger partial charge >= 0.3 is 12.2 Å². The normalized spacial score (nSPS) is 18.4. The van der Waals surface area contributed by atoms with E-state index in [4.69, 9.17) is 0 Å². The average Bonchev–Trinajstić information content (AvgIpc) is 3.00. The topological polar surface area (TPSA) is 66.5 Å². The van der Waals surface area contributed by atoms with Crippen LogP contribution in [0.4, 0.5) is 23.7 Å². The van der Waals surface area contributed by atoms with Gasteiger partial charge in [-0.15, -0.1) is 0 Å². The van der Waals surface area contributed by atoms with E-state index in [0.717, 1.165) is 26.1 Å². The average molecular weight is 346 g/mol. The van der Waals surface area contributed by atoms with Crippen molar-refractivity contribution in [2.24, 2.45) is 5.92 Å². The molecule has 2 rings (SSSR count). The Hall–Kier alpha value is -2.03. The van der Waals surface area contributed by atoms with Gasteiger partial charge in [0.1, 0.15) is 0 Å². The van der Waals surface area contributed by atoms with Crippen molar-refractivity contribution in [3.63, 3.8) is 0 Å². The Balaban J connectivity index is 1.72. The number of nitrogens with zero attached hydrogens (tertiary/aromatic N) is 2. The number of hydrogen-bond donors (Lipinski definition) is 2. The van der Waals surface area contributed by atoms with Crippen LogP contribution < -0.4 is 15.4 Å². The van der Waals surface area contributed by atoms with Crippen LogP contribution in [-0.4, -0.2) is 54.9 Å². The molecule has 1 aromatic heterocycles. The molecule has 1 aliphatic rings. The fourth-order valence-electron chi connectivity index (χ4n) is 2.47. The van der Waals surface area contributed by atoms with Crippen molar-refractivity contribution in [3.05, 3.63) is 18.3 Å². The molecule has 1 fully saturated rings. The first-order chi connectivity index (χ1) is 11.4. The first-order valence-electron chi connectivity index (χ1n) is 7.78. The lowest BCUT2D eigenvalue weighted by Gasteiger charge is -2.14. The highest BCUT2D eigenvalue weighted by Gasteiger charge is 2.28. The zero-order chi connectivity index (χ0) is 17.6. The highest BCUT2D eigenvalue weighted by atomic mass is 19.4. The standard InChI is InChI=1S/C15H21F3N4O2/c1-2-22-6-5-11(9-22)7-20-14(23)21-12-3-4-13(19-8-12)24-10-15(16,17)18/h3-4,8,11H,2,5-7,9-10H2,1H3,(H2,20,21,23)/t11-/m0/s1. The number of nitrogens with one attached hydrogen (secondary N) is 2. The fourth-order valence-corrected chi connectivity index (χ4v) is 2.47. The zero-order valence-corrected chi connectivity index (χ0v) is 13.4. The van der Waals surface area contributed by atoms with E-state index in [-0.39, 0.29) is 11.9 Å². The van der Waals surface area contributed by atoms with Gasteiger partial charge in [0.25, 0.3) is 0 Å². The van der Waals surface area contributed by atoms with Crippen LogP contribution in [-0.2, 0) is 0 Å². The van der Waals surface area contributed by atoms with Gasteiger partial charge in [-0.25, -0.2) is 9.78 Å². The lowest BCUT2D eigenvalue weighted by atomic mass is 10.1. The number of likely N-dealkylation sites (tertiary alicyclic amines) is 1. The molecule has 6 nitrogen and oxygen atoms in total. The summed E-state index contributed by atoms with van der Waals surface area (Å²) in [5.74, 6) is 0.288. The lowest BCUT2D eigenvalue weighted by Crippen LogP contribution is -2.34. The number of rotatable bonds is 6. The molecule has 1 aromatic rings. The third-order valence-electron chi connectivity index (χ3n) is 3.75. The van der Waals surface area contributed by atoms with Crippen LogP contribution in [0.5, 0.6) is 5.88 Å². The predicted molar refractivity (Wildman–Crippen MR) is 83.0 cm³/mol. The summed E-state index contributed by atoms with van der Waals surface area (Å²) >= 11 is 0. The smallest absolute Gasteiger partial charge is 0.422 e. The molecule has 134 valence electrons. The predicted octanol–water partition coefficient (Wildman–Crippen LogP) is 2.49. The van der Waals surface area contributed by atoms with Crippen molar-refractivity contribution in [1.82, 2.24) is 15.2 Å². The number of carbonyl (C=O) groups excluding carboxylic acids is 1. The number of halogens is 3. The molecule has 0 aliphatic carbocycles. The molecular formula is C15H21F3N4O2. The number of carbonyl (C=O) groups is 1. The van der Waals surface area contributed by atoms with Crippen LogP contribution in [0, 0.1) is 5.92 Å². The third-order valence-corrected chi connectivity index (χ3v) is 3.75. The summed E-state index contributed by atoms with van der Waals surface area (Å²) in [6, 6.07) is 2.35. The van der Waals surface area contributed by atoms with Crippen molar-refractivity contribution in [2.45, 2.75) is 19.5 Å². The Morgan fingerprint density at radius 2 is 2.25 bits per heavy atom. The summed E-state index contributed by atoms with van der Waals surface area (Å²) in [6.07, 6.45) is -2.10. The van der Waals surface area contributed by atoms with Gasteiger partial charge in [0.05, 0.1) is 11.9 Å². The largest absolute Gasteiger partial charge is 0.468 e. The van der Waals surface area contributed by atoms with Crippen molar-refractivity contribution in [2.75, 3.05) is 38.1 Å². The summed E-state index contributed by atoms with van der Waals surface area (Å²) < 4.78 is 40.6. The molecular weight excluding hydrogens is 325 g/mol. The highest BCUT2D eigenvalue weighted by Crippen LogP contribution is 2.18. The fraction of sp³-hybridized carbons (Fsp3) is 0.600. The Kier molecular flexibility index (Phi) is 6.24. The molecule has 2 amide bonds. The molecule has 0 saturated carbocycles. The Bertz CT molecular complexity index is 537. The van der Waals surface area contributed by atoms with Crippen LogP contribution in [0.15, 0.2) is 18.3 Å². The molecule has 9 heteroatoms. The Morgan fingerprint density at radius 3 is 2.83 bits per heavy atom. The lowest BCUT2D eigenvalue weighted by molar-refractivity contribution is -0.154. The van der Waals surface area contributed by atoms with E-state index in [9.17, 15) is 18.0 Å². The number of urea groups is 1. The minimum absolute atomic E-state index is 0.149. The van der Waals surface area contributed by atoms with E-state index in [1.165, 1.54) is 18.3 Å². The second-order valence-corrected chi connectivity index (χ2v) is 5.67. The van der Waals surface area contributed by atoms with Crippen LogP contribution in [0.1, 0.15) is 13.3 Å². The zero-order valence-electron chi connectivity index (χ0n) is 13.4. The maximum absolute atomic E-state index is 12.0. The molecule has 24 heavy (non-hydrogen) atoms. The second-order valence-electron chi connectivity index (χ2n) is 5.67. The molecule has 1 aliphatic heterocycles. The van der Waals surface area contributed by atoms with Crippen molar-refractivity contribution < 1.29 is 22.7 Å². The number of aromatic nitrogens is 1. The number of hydrogen-bond acceptors (Lipinski definition) is 4. The van der Waals surface area contributed by atoms with Crippen molar-refractivity contribution in [1.29, 1.82) is 0 Å². The number of anilines is 1. The molecule has 2 heterocycles. The van der Waals surface area contributed by atoms with Crippen LogP contribution >= 0.6 is 0 Å². The van der Waals surface area contributed by atoms with E-state index >= 15 is 0 Å². The van der Waals surface area contributed by atoms with E-state index in [0.29, 0.717) is 18.2 Å². The Labute approximate surface area is 138 Å². The molecule has 0 bridgehead atoms. The summed E-state index contributed by atoms with van der Waals surface area (Å²) in [7, 11) is 0. The highest BCUT2D eigenvalue weighted by molar-refractivity contribution is 5.88. The molecule has 0 spiro atoms. The Morgan fingerprint density at radius 1 is 1.46 bits per heavy atom. The second kappa shape index (κ2) is 8.18. The molecule has 0 aromatic carbocycles. The van der Waals surface area contributed by atoms with Crippen LogP contribution in [0.25, 0.3) is 0 Å². The number of amides is 2. The van der Waals surface area contributed by atoms with Crippen molar-refractivity contribution in [3.8, 4) is 5.88 Å². The summed E-state index contributed by atoms with van der Waals surface area (Å²) in [4.78, 5) is 17.9. The first kappa shape index (κ1) is 18.3. The monoisotopic (exact) mass is 346 g/mol. The minimum Gasteiger partial charge on any atom is -0.468 e. The van der Waals surface area contributed by atoms with Crippen LogP contribution in [0.2, 0.25) is 0 Å². The van der Waals surface area contributed by atoms with Gasteiger partial charge in [0, 0.05) is 19.2 Å². The molecule has 0 radical (unpaired) electrons. The van der Waals surface area contributed by atoms with Gasteiger partial charge in [-0.2, -0.15) is 13.2 Å². The summed E-state index contributed by atoms with van der Waals surface area (Å²) in [6.45, 7) is 4.33. The summed E-state index contributed by atoms with van der Waals surface area (Å²) in [5.41, 5.74) is 0.383. The maximum Gasteiger partial charge on any atom is 0.422 e. The number of alkyl halides is 3.